The first-order valence-corrected chi connectivity index (χ1v) is 9.61. The summed E-state index contributed by atoms with van der Waals surface area (Å²) < 4.78 is 5.46. The molecule has 0 bridgehead atoms. The smallest absolute Gasteiger partial charge is 0.295 e. The molecule has 0 saturated carbocycles. The number of pyridine rings is 1. The second-order valence-electron chi connectivity index (χ2n) is 7.20. The molecule has 2 aromatic rings. The van der Waals surface area contributed by atoms with Gasteiger partial charge < -0.3 is 19.6 Å². The van der Waals surface area contributed by atoms with Crippen LogP contribution in [0, 0.1) is 0 Å². The van der Waals surface area contributed by atoms with E-state index in [1.807, 2.05) is 19.0 Å². The van der Waals surface area contributed by atoms with E-state index in [-0.39, 0.29) is 11.3 Å². The molecule has 1 aliphatic heterocycles. The summed E-state index contributed by atoms with van der Waals surface area (Å²) in [6.45, 7) is 4.91. The Morgan fingerprint density at radius 2 is 1.87 bits per heavy atom. The van der Waals surface area contributed by atoms with Gasteiger partial charge in [-0.1, -0.05) is 12.7 Å². The van der Waals surface area contributed by atoms with Crippen molar-refractivity contribution in [3.63, 3.8) is 0 Å². The molecule has 1 saturated heterocycles. The summed E-state index contributed by atoms with van der Waals surface area (Å²) in [6.07, 6.45) is 4.85. The van der Waals surface area contributed by atoms with E-state index < -0.39 is 17.7 Å². The molecule has 3 rings (SSSR count). The zero-order chi connectivity index (χ0) is 21.7. The van der Waals surface area contributed by atoms with Gasteiger partial charge in [-0.05, 0) is 56.1 Å². The monoisotopic (exact) mass is 407 g/mol. The minimum Gasteiger partial charge on any atom is -0.507 e. The van der Waals surface area contributed by atoms with Gasteiger partial charge in [0, 0.05) is 31.0 Å². The van der Waals surface area contributed by atoms with Crippen LogP contribution in [0.15, 0.2) is 67.0 Å². The highest BCUT2D eigenvalue weighted by Crippen LogP contribution is 2.39. The fourth-order valence-corrected chi connectivity index (χ4v) is 3.33. The Kier molecular flexibility index (Phi) is 6.64. The van der Waals surface area contributed by atoms with Crippen LogP contribution in [0.4, 0.5) is 0 Å². The molecule has 7 nitrogen and oxygen atoms in total. The molecule has 0 spiro atoms. The molecule has 1 amide bonds. The molecule has 30 heavy (non-hydrogen) atoms. The molecule has 2 heterocycles. The van der Waals surface area contributed by atoms with Gasteiger partial charge in [-0.2, -0.15) is 0 Å². The number of likely N-dealkylation sites (tertiary alicyclic amines) is 1. The third kappa shape index (κ3) is 4.41. The Morgan fingerprint density at radius 3 is 2.47 bits per heavy atom. The number of aromatic nitrogens is 1. The van der Waals surface area contributed by atoms with Crippen LogP contribution in [-0.2, 0) is 9.59 Å². The number of ketones is 1. The minimum absolute atomic E-state index is 0.0738. The lowest BCUT2D eigenvalue weighted by Gasteiger charge is -2.26. The zero-order valence-corrected chi connectivity index (χ0v) is 17.1. The molecule has 156 valence electrons. The van der Waals surface area contributed by atoms with E-state index in [2.05, 4.69) is 11.6 Å². The third-order valence-electron chi connectivity index (χ3n) is 4.85. The Morgan fingerprint density at radius 1 is 1.20 bits per heavy atom. The van der Waals surface area contributed by atoms with E-state index in [4.69, 9.17) is 4.74 Å². The maximum atomic E-state index is 12.9. The average molecular weight is 407 g/mol. The number of nitrogens with zero attached hydrogens (tertiary/aromatic N) is 3. The number of hydrogen-bond acceptors (Lipinski definition) is 6. The zero-order valence-electron chi connectivity index (χ0n) is 17.1. The fraction of sp³-hybridized carbons (Fsp3) is 0.261. The molecule has 1 aromatic carbocycles. The summed E-state index contributed by atoms with van der Waals surface area (Å²) >= 11 is 0. The van der Waals surface area contributed by atoms with Crippen molar-refractivity contribution in [2.75, 3.05) is 33.8 Å². The topological polar surface area (TPSA) is 83.0 Å². The van der Waals surface area contributed by atoms with Gasteiger partial charge in [-0.3, -0.25) is 14.6 Å². The van der Waals surface area contributed by atoms with Crippen LogP contribution in [0.5, 0.6) is 5.75 Å². The highest BCUT2D eigenvalue weighted by Gasteiger charge is 2.45. The van der Waals surface area contributed by atoms with Crippen LogP contribution in [-0.4, -0.2) is 65.4 Å². The van der Waals surface area contributed by atoms with Crippen molar-refractivity contribution in [1.29, 1.82) is 0 Å². The van der Waals surface area contributed by atoms with Gasteiger partial charge in [0.05, 0.1) is 11.6 Å². The highest BCUT2D eigenvalue weighted by molar-refractivity contribution is 6.46. The normalized spacial score (nSPS) is 18.1. The molecule has 0 radical (unpaired) electrons. The van der Waals surface area contributed by atoms with Crippen LogP contribution < -0.4 is 4.74 Å². The van der Waals surface area contributed by atoms with Crippen molar-refractivity contribution in [2.24, 2.45) is 0 Å². The van der Waals surface area contributed by atoms with Crippen molar-refractivity contribution in [2.45, 2.75) is 6.04 Å². The second kappa shape index (κ2) is 9.37. The van der Waals surface area contributed by atoms with Crippen molar-refractivity contribution in [1.82, 2.24) is 14.8 Å². The van der Waals surface area contributed by atoms with E-state index in [1.54, 1.807) is 54.9 Å². The van der Waals surface area contributed by atoms with Gasteiger partial charge >= 0.3 is 0 Å². The standard InChI is InChI=1S/C23H25N3O4/c1-4-15-30-18-7-5-17(6-8-18)21(27)19-20(16-9-11-24-12-10-16)26(14-13-25(2)3)23(29)22(19)28/h4-12,20,27H,1,13-15H2,2-3H3/t20-/m1/s1. The lowest BCUT2D eigenvalue weighted by atomic mass is 9.96. The molecule has 1 aromatic heterocycles. The number of aliphatic hydroxyl groups excluding tert-OH is 1. The fourth-order valence-electron chi connectivity index (χ4n) is 3.33. The first-order valence-electron chi connectivity index (χ1n) is 9.61. The number of rotatable bonds is 8. The van der Waals surface area contributed by atoms with Gasteiger partial charge in [-0.25, -0.2) is 0 Å². The Bertz CT molecular complexity index is 952. The lowest BCUT2D eigenvalue weighted by Crippen LogP contribution is -2.35. The predicted molar refractivity (Wildman–Crippen MR) is 114 cm³/mol. The van der Waals surface area contributed by atoms with Crippen LogP contribution >= 0.6 is 0 Å². The summed E-state index contributed by atoms with van der Waals surface area (Å²) in [5.41, 5.74) is 1.23. The molecule has 0 unspecified atom stereocenters. The predicted octanol–water partition coefficient (Wildman–Crippen LogP) is 2.63. The first kappa shape index (κ1) is 21.3. The summed E-state index contributed by atoms with van der Waals surface area (Å²) in [7, 11) is 3.79. The molecule has 0 aliphatic carbocycles. The third-order valence-corrected chi connectivity index (χ3v) is 4.85. The number of benzene rings is 1. The average Bonchev–Trinajstić information content (AvgIpc) is 3.01. The SMILES string of the molecule is C=CCOc1ccc(C(O)=C2C(=O)C(=O)N(CCN(C)C)[C@@H]2c2ccncc2)cc1. The van der Waals surface area contributed by atoms with Crippen LogP contribution in [0.2, 0.25) is 0 Å². The van der Waals surface area contributed by atoms with Gasteiger partial charge in [0.15, 0.2) is 0 Å². The first-order chi connectivity index (χ1) is 14.4. The Balaban J connectivity index is 2.03. The number of aliphatic hydroxyl groups is 1. The molecule has 1 N–H and O–H groups in total. The van der Waals surface area contributed by atoms with E-state index in [1.165, 1.54) is 4.90 Å². The summed E-state index contributed by atoms with van der Waals surface area (Å²) in [5.74, 6) is -0.910. The number of Topliss-reactive ketones (excluding diaryl/α,β-unsaturated/α-hetero) is 1. The van der Waals surface area contributed by atoms with Gasteiger partial charge in [0.2, 0.25) is 0 Å². The number of hydrogen-bond donors (Lipinski definition) is 1. The van der Waals surface area contributed by atoms with E-state index in [0.29, 0.717) is 31.0 Å². The minimum atomic E-state index is -0.694. The quantitative estimate of drug-likeness (QED) is 0.314. The molecule has 1 aliphatic rings. The van der Waals surface area contributed by atoms with Gasteiger partial charge in [0.25, 0.3) is 11.7 Å². The van der Waals surface area contributed by atoms with Gasteiger partial charge in [0.1, 0.15) is 18.1 Å². The largest absolute Gasteiger partial charge is 0.507 e. The summed E-state index contributed by atoms with van der Waals surface area (Å²) in [6, 6.07) is 9.53. The number of carbonyl (C=O) groups excluding carboxylic acids is 2. The van der Waals surface area contributed by atoms with Crippen LogP contribution in [0.1, 0.15) is 17.2 Å². The van der Waals surface area contributed by atoms with Crippen molar-refractivity contribution < 1.29 is 19.4 Å². The highest BCUT2D eigenvalue weighted by atomic mass is 16.5. The maximum Gasteiger partial charge on any atom is 0.295 e. The van der Waals surface area contributed by atoms with Gasteiger partial charge in [-0.15, -0.1) is 0 Å². The molecular weight excluding hydrogens is 382 g/mol. The number of carbonyl (C=O) groups is 2. The van der Waals surface area contributed by atoms with Crippen molar-refractivity contribution in [3.05, 3.63) is 78.1 Å². The lowest BCUT2D eigenvalue weighted by molar-refractivity contribution is -0.140. The van der Waals surface area contributed by atoms with Crippen LogP contribution in [0.3, 0.4) is 0 Å². The van der Waals surface area contributed by atoms with E-state index >= 15 is 0 Å². The van der Waals surface area contributed by atoms with Crippen molar-refractivity contribution >= 4 is 17.4 Å². The van der Waals surface area contributed by atoms with Crippen LogP contribution in [0.25, 0.3) is 5.76 Å². The Hall–Kier alpha value is -3.45. The van der Waals surface area contributed by atoms with E-state index in [9.17, 15) is 14.7 Å². The molecule has 1 fully saturated rings. The summed E-state index contributed by atoms with van der Waals surface area (Å²) in [4.78, 5) is 33.1. The summed E-state index contributed by atoms with van der Waals surface area (Å²) in [5, 5.41) is 11.0. The molecule has 7 heteroatoms. The van der Waals surface area contributed by atoms with E-state index in [0.717, 1.165) is 5.56 Å². The second-order valence-corrected chi connectivity index (χ2v) is 7.20. The van der Waals surface area contributed by atoms with Crippen molar-refractivity contribution in [3.8, 4) is 5.75 Å². The number of amides is 1. The number of likely N-dealkylation sites (N-methyl/N-ethyl adjacent to an activating group) is 1. The number of ether oxygens (including phenoxy) is 1. The molecular formula is C23H25N3O4. The Labute approximate surface area is 175 Å². The molecule has 1 atom stereocenters. The maximum absolute atomic E-state index is 12.9.